The summed E-state index contributed by atoms with van der Waals surface area (Å²) in [6.45, 7) is 12.7. The molecule has 6 amide bonds. The van der Waals surface area contributed by atoms with E-state index in [1.807, 2.05) is 46.8 Å². The molecule has 19 nitrogen and oxygen atoms in total. The number of benzene rings is 2. The number of carbonyl (C=O) groups excluding carboxylic acids is 6. The van der Waals surface area contributed by atoms with Crippen LogP contribution in [-0.2, 0) is 25.7 Å². The third kappa shape index (κ3) is 11.7. The normalized spacial score (nSPS) is 15.6. The van der Waals surface area contributed by atoms with Gasteiger partial charge in [0, 0.05) is 79.2 Å². The van der Waals surface area contributed by atoms with E-state index in [0.29, 0.717) is 47.4 Å². The number of allylic oxidation sites excluding steroid dienone is 1. The third-order valence-corrected chi connectivity index (χ3v) is 10.6. The first-order chi connectivity index (χ1) is 30.5. The van der Waals surface area contributed by atoms with Crippen molar-refractivity contribution >= 4 is 64.4 Å². The van der Waals surface area contributed by atoms with Crippen LogP contribution in [0.25, 0.3) is 11.8 Å². The summed E-state index contributed by atoms with van der Waals surface area (Å²) in [5.74, 6) is -2.98. The summed E-state index contributed by atoms with van der Waals surface area (Å²) < 4.78 is 5.49. The van der Waals surface area contributed by atoms with Gasteiger partial charge < -0.3 is 36.3 Å². The Morgan fingerprint density at radius 1 is 1.05 bits per heavy atom. The quantitative estimate of drug-likeness (QED) is 0.0263. The number of nitrogens with two attached hydrogens (primary N) is 1. The van der Waals surface area contributed by atoms with Crippen LogP contribution in [0.3, 0.4) is 0 Å². The fourth-order valence-electron chi connectivity index (χ4n) is 7.37. The lowest BCUT2D eigenvalue weighted by Gasteiger charge is -2.27. The summed E-state index contributed by atoms with van der Waals surface area (Å²) in [6, 6.07) is 9.19. The molecule has 1 saturated heterocycles. The van der Waals surface area contributed by atoms with E-state index in [0.717, 1.165) is 26.9 Å². The molecule has 0 saturated carbocycles. The Morgan fingerprint density at radius 2 is 1.81 bits per heavy atom. The number of ether oxygens (including phenoxy) is 1. The van der Waals surface area contributed by atoms with Crippen molar-refractivity contribution in [2.24, 2.45) is 5.73 Å². The van der Waals surface area contributed by atoms with Gasteiger partial charge in [-0.2, -0.15) is 0 Å². The van der Waals surface area contributed by atoms with E-state index in [9.17, 15) is 33.6 Å². The predicted octanol–water partition coefficient (Wildman–Crippen LogP) is 0.615. The molecular weight excluding hydrogens is 823 g/mol. The van der Waals surface area contributed by atoms with Crippen molar-refractivity contribution in [3.63, 3.8) is 0 Å². The number of fused-ring (bicyclic) bond motifs is 1. The molecule has 2 aliphatic rings. The minimum atomic E-state index is -1.07. The highest BCUT2D eigenvalue weighted by atomic mass is 16.5. The number of aromatic amines is 1. The van der Waals surface area contributed by atoms with Crippen molar-refractivity contribution in [2.45, 2.75) is 73.0 Å². The fraction of sp³-hybridized carbons (Fsp3) is 0.378. The average Bonchev–Trinajstić information content (AvgIpc) is 3.50. The number of nitrogens with zero attached hydrogens (tertiary/aromatic N) is 2. The van der Waals surface area contributed by atoms with Crippen LogP contribution in [0.5, 0.6) is 0 Å². The number of hydrogen-bond acceptors (Lipinski definition) is 13. The molecule has 2 aromatic carbocycles. The number of hydrazine groups is 1. The third-order valence-electron chi connectivity index (χ3n) is 10.6. The molecule has 64 heavy (non-hydrogen) atoms. The zero-order chi connectivity index (χ0) is 46.7. The number of piperidine rings is 1. The molecule has 3 aromatic rings. The van der Waals surface area contributed by atoms with Gasteiger partial charge in [-0.25, -0.2) is 5.43 Å². The molecule has 0 bridgehead atoms. The van der Waals surface area contributed by atoms with E-state index < -0.39 is 41.5 Å². The SMILES string of the molecule is CCN(CCNNC(=O)COCCNc1cccc2c1C(=O)N(C1CCC(=O)NC1=O)C2=O)C(=N)C=CC(C)=c1cc(NC(C)C)c(=CN)c(C(=O)NCc2c(C)cc(C)[nH]c2=O)c1. The van der Waals surface area contributed by atoms with Crippen LogP contribution in [0.4, 0.5) is 11.4 Å². The number of nitrogens with one attached hydrogen (secondary N) is 8. The highest BCUT2D eigenvalue weighted by Crippen LogP contribution is 2.32. The Hall–Kier alpha value is -7.12. The highest BCUT2D eigenvalue weighted by molar-refractivity contribution is 6.25. The molecule has 2 aliphatic heterocycles. The number of aryl methyl sites for hydroxylation is 2. The molecule has 1 fully saturated rings. The van der Waals surface area contributed by atoms with E-state index in [2.05, 4.69) is 37.1 Å². The zero-order valence-electron chi connectivity index (χ0n) is 37.0. The second-order valence-electron chi connectivity index (χ2n) is 15.7. The number of pyridine rings is 1. The Balaban J connectivity index is 1.10. The lowest BCUT2D eigenvalue weighted by atomic mass is 10.0. The maximum Gasteiger partial charge on any atom is 0.264 e. The molecule has 0 spiro atoms. The second-order valence-corrected chi connectivity index (χ2v) is 15.7. The number of imide groups is 2. The highest BCUT2D eigenvalue weighted by Gasteiger charge is 2.45. The van der Waals surface area contributed by atoms with Gasteiger partial charge in [0.05, 0.1) is 23.3 Å². The number of hydrogen-bond donors (Lipinski definition) is 9. The second kappa shape index (κ2) is 21.8. The maximum atomic E-state index is 13.6. The van der Waals surface area contributed by atoms with Crippen molar-refractivity contribution < 1.29 is 33.5 Å². The number of amidine groups is 1. The molecular formula is C45H57N11O8. The van der Waals surface area contributed by atoms with E-state index >= 15 is 0 Å². The summed E-state index contributed by atoms with van der Waals surface area (Å²) in [5.41, 5.74) is 15.6. The van der Waals surface area contributed by atoms with Crippen LogP contribution in [0.2, 0.25) is 0 Å². The van der Waals surface area contributed by atoms with Crippen LogP contribution < -0.4 is 53.8 Å². The first-order valence-corrected chi connectivity index (χ1v) is 21.0. The number of carbonyl (C=O) groups is 6. The van der Waals surface area contributed by atoms with E-state index in [-0.39, 0.29) is 67.7 Å². The maximum absolute atomic E-state index is 13.6. The van der Waals surface area contributed by atoms with Crippen molar-refractivity contribution in [3.05, 3.63) is 103 Å². The molecule has 1 unspecified atom stereocenters. The monoisotopic (exact) mass is 879 g/mol. The molecule has 10 N–H and O–H groups in total. The first kappa shape index (κ1) is 47.9. The van der Waals surface area contributed by atoms with Crippen molar-refractivity contribution in [2.75, 3.05) is 50.0 Å². The topological polar surface area (TPSA) is 273 Å². The van der Waals surface area contributed by atoms with Crippen molar-refractivity contribution in [3.8, 4) is 0 Å². The standard InChI is InChI=1S/C45H57N11O8/c1-7-55(17-15-50-54-39(58)24-64-18-16-48-34-10-8-9-30-40(34)45(63)56(44(30)62)36-12-14-38(57)53-43(36)61)37(47)13-11-26(4)29-20-31(32(22-46)35(21-29)51-25(2)3)41(59)49-23-33-27(5)19-28(6)52-42(33)60/h8-11,13,19-22,25,36,47-48,50-51H,7,12,14-18,23-24,46H2,1-6H3,(H,49,59)(H,52,60)(H,54,58)(H,53,57,61). The number of rotatable bonds is 19. The number of aromatic nitrogens is 1. The average molecular weight is 880 g/mol. The number of likely N-dealkylation sites (N-methyl/N-ethyl adjacent to an activating group) is 1. The van der Waals surface area contributed by atoms with Gasteiger partial charge in [-0.05, 0) is 101 Å². The van der Waals surface area contributed by atoms with Gasteiger partial charge in [0.1, 0.15) is 18.5 Å². The summed E-state index contributed by atoms with van der Waals surface area (Å²) in [7, 11) is 0. The summed E-state index contributed by atoms with van der Waals surface area (Å²) in [6.07, 6.45) is 4.91. The van der Waals surface area contributed by atoms with Crippen LogP contribution in [0, 0.1) is 19.3 Å². The largest absolute Gasteiger partial charge is 0.404 e. The molecule has 0 aliphatic carbocycles. The van der Waals surface area contributed by atoms with Crippen molar-refractivity contribution in [1.29, 1.82) is 5.41 Å². The zero-order valence-corrected chi connectivity index (χ0v) is 37.0. The molecule has 5 rings (SSSR count). The van der Waals surface area contributed by atoms with Crippen LogP contribution >= 0.6 is 0 Å². The van der Waals surface area contributed by atoms with Gasteiger partial charge in [0.25, 0.3) is 29.2 Å². The van der Waals surface area contributed by atoms with Crippen LogP contribution in [0.15, 0.2) is 53.3 Å². The Bertz CT molecular complexity index is 2550. The minimum Gasteiger partial charge on any atom is -0.404 e. The Morgan fingerprint density at radius 3 is 2.50 bits per heavy atom. The van der Waals surface area contributed by atoms with Crippen LogP contribution in [0.1, 0.15) is 88.4 Å². The van der Waals surface area contributed by atoms with Gasteiger partial charge in [0.15, 0.2) is 0 Å². The Kier molecular flexibility index (Phi) is 16.3. The van der Waals surface area contributed by atoms with Gasteiger partial charge in [0.2, 0.25) is 11.8 Å². The van der Waals surface area contributed by atoms with E-state index in [4.69, 9.17) is 15.9 Å². The van der Waals surface area contributed by atoms with Gasteiger partial charge >= 0.3 is 0 Å². The smallest absolute Gasteiger partial charge is 0.264 e. The van der Waals surface area contributed by atoms with Crippen molar-refractivity contribution in [1.82, 2.24) is 36.3 Å². The van der Waals surface area contributed by atoms with Gasteiger partial charge in [-0.1, -0.05) is 12.1 Å². The fourth-order valence-corrected chi connectivity index (χ4v) is 7.37. The summed E-state index contributed by atoms with van der Waals surface area (Å²) >= 11 is 0. The molecule has 340 valence electrons. The van der Waals surface area contributed by atoms with E-state index in [1.165, 1.54) is 12.3 Å². The molecule has 0 radical (unpaired) electrons. The number of anilines is 2. The number of amides is 6. The first-order valence-electron chi connectivity index (χ1n) is 21.0. The lowest BCUT2D eigenvalue weighted by molar-refractivity contribution is -0.136. The lowest BCUT2D eigenvalue weighted by Crippen LogP contribution is -2.54. The summed E-state index contributed by atoms with van der Waals surface area (Å²) in [5, 5.41) is 21.5. The summed E-state index contributed by atoms with van der Waals surface area (Å²) in [4.78, 5) is 94.5. The minimum absolute atomic E-state index is 0.0218. The van der Waals surface area contributed by atoms with Crippen LogP contribution in [-0.4, -0.2) is 108 Å². The van der Waals surface area contributed by atoms with Gasteiger partial charge in [-0.15, -0.1) is 0 Å². The predicted molar refractivity (Wildman–Crippen MR) is 243 cm³/mol. The molecule has 19 heteroatoms. The number of H-pyrrole nitrogens is 1. The van der Waals surface area contributed by atoms with Gasteiger partial charge in [-0.3, -0.25) is 54.6 Å². The Labute approximate surface area is 370 Å². The molecule has 3 heterocycles. The molecule has 1 aromatic heterocycles. The molecule has 1 atom stereocenters. The van der Waals surface area contributed by atoms with E-state index in [1.54, 1.807) is 42.2 Å².